The highest BCUT2D eigenvalue weighted by molar-refractivity contribution is 5.07. The molecule has 0 radical (unpaired) electrons. The van der Waals surface area contributed by atoms with Crippen molar-refractivity contribution in [1.82, 2.24) is 4.98 Å². The fourth-order valence-electron chi connectivity index (χ4n) is 4.05. The van der Waals surface area contributed by atoms with Gasteiger partial charge >= 0.3 is 0 Å². The van der Waals surface area contributed by atoms with Gasteiger partial charge in [-0.05, 0) is 26.0 Å². The van der Waals surface area contributed by atoms with Gasteiger partial charge in [0.1, 0.15) is 31.8 Å². The number of rotatable bonds is 3. The molecular formula is C17H29N3O+2. The molecule has 4 nitrogen and oxygen atoms in total. The molecule has 0 spiro atoms. The summed E-state index contributed by atoms with van der Waals surface area (Å²) < 4.78 is 5.88. The van der Waals surface area contributed by atoms with E-state index in [0.717, 1.165) is 12.6 Å². The van der Waals surface area contributed by atoms with E-state index < -0.39 is 0 Å². The van der Waals surface area contributed by atoms with E-state index in [0.29, 0.717) is 12.2 Å². The SMILES string of the molecule is C[C@H]1C[NH+](C2CC[NH+](Cc3ccncc3)CC2)C[C@H](C)O1. The van der Waals surface area contributed by atoms with Gasteiger partial charge in [-0.3, -0.25) is 4.98 Å². The van der Waals surface area contributed by atoms with Crippen LogP contribution in [0.4, 0.5) is 0 Å². The highest BCUT2D eigenvalue weighted by atomic mass is 16.5. The smallest absolute Gasteiger partial charge is 0.104 e. The Morgan fingerprint density at radius 3 is 2.33 bits per heavy atom. The molecule has 2 aliphatic rings. The van der Waals surface area contributed by atoms with Crippen LogP contribution in [0.25, 0.3) is 0 Å². The van der Waals surface area contributed by atoms with Crippen molar-refractivity contribution in [2.45, 2.75) is 51.5 Å². The van der Waals surface area contributed by atoms with E-state index in [2.05, 4.69) is 31.0 Å². The summed E-state index contributed by atoms with van der Waals surface area (Å²) in [5.41, 5.74) is 1.42. The number of nitrogens with one attached hydrogen (secondary N) is 2. The first-order valence-corrected chi connectivity index (χ1v) is 8.43. The number of quaternary nitrogens is 2. The minimum Gasteiger partial charge on any atom is -0.364 e. The average molecular weight is 291 g/mol. The number of aromatic nitrogens is 1. The number of ether oxygens (including phenoxy) is 1. The van der Waals surface area contributed by atoms with Gasteiger partial charge < -0.3 is 14.5 Å². The van der Waals surface area contributed by atoms with Crippen molar-refractivity contribution < 1.29 is 14.5 Å². The summed E-state index contributed by atoms with van der Waals surface area (Å²) in [5.74, 6) is 0. The van der Waals surface area contributed by atoms with Crippen molar-refractivity contribution in [3.05, 3.63) is 30.1 Å². The van der Waals surface area contributed by atoms with Crippen molar-refractivity contribution in [2.24, 2.45) is 0 Å². The van der Waals surface area contributed by atoms with Gasteiger partial charge in [0.2, 0.25) is 0 Å². The van der Waals surface area contributed by atoms with Crippen LogP contribution in [0.5, 0.6) is 0 Å². The Balaban J connectivity index is 1.48. The van der Waals surface area contributed by atoms with Gasteiger partial charge in [0.15, 0.2) is 0 Å². The molecule has 0 aliphatic carbocycles. The van der Waals surface area contributed by atoms with Crippen LogP contribution in [-0.2, 0) is 11.3 Å². The van der Waals surface area contributed by atoms with E-state index in [1.54, 1.807) is 9.80 Å². The van der Waals surface area contributed by atoms with Crippen molar-refractivity contribution in [3.8, 4) is 0 Å². The Morgan fingerprint density at radius 1 is 1.10 bits per heavy atom. The van der Waals surface area contributed by atoms with Crippen molar-refractivity contribution in [3.63, 3.8) is 0 Å². The quantitative estimate of drug-likeness (QED) is 0.773. The summed E-state index contributed by atoms with van der Waals surface area (Å²) in [6, 6.07) is 5.14. The number of likely N-dealkylation sites (tertiary alicyclic amines) is 1. The molecule has 4 heteroatoms. The van der Waals surface area contributed by atoms with Gasteiger partial charge in [-0.1, -0.05) is 0 Å². The summed E-state index contributed by atoms with van der Waals surface area (Å²) in [5, 5.41) is 0. The zero-order valence-corrected chi connectivity index (χ0v) is 13.3. The Morgan fingerprint density at radius 2 is 1.71 bits per heavy atom. The number of morpholine rings is 1. The summed E-state index contributed by atoms with van der Waals surface area (Å²) in [6.07, 6.45) is 7.37. The lowest BCUT2D eigenvalue weighted by Gasteiger charge is -2.39. The molecule has 0 bridgehead atoms. The molecule has 3 heterocycles. The Labute approximate surface area is 128 Å². The molecule has 3 rings (SSSR count). The molecule has 0 aromatic carbocycles. The van der Waals surface area contributed by atoms with Crippen LogP contribution in [0.3, 0.4) is 0 Å². The lowest BCUT2D eigenvalue weighted by molar-refractivity contribution is -0.970. The first-order chi connectivity index (χ1) is 10.2. The van der Waals surface area contributed by atoms with Crippen LogP contribution in [-0.4, -0.2) is 49.4 Å². The minimum absolute atomic E-state index is 0.422. The van der Waals surface area contributed by atoms with Crippen molar-refractivity contribution in [1.29, 1.82) is 0 Å². The summed E-state index contributed by atoms with van der Waals surface area (Å²) in [6.45, 7) is 10.6. The third-order valence-corrected chi connectivity index (χ3v) is 5.04. The molecule has 116 valence electrons. The van der Waals surface area contributed by atoms with Crippen LogP contribution in [0.15, 0.2) is 24.5 Å². The van der Waals surface area contributed by atoms with E-state index >= 15 is 0 Å². The zero-order valence-electron chi connectivity index (χ0n) is 13.3. The van der Waals surface area contributed by atoms with Gasteiger partial charge in [0, 0.05) is 30.8 Å². The van der Waals surface area contributed by atoms with Crippen molar-refractivity contribution >= 4 is 0 Å². The predicted molar refractivity (Wildman–Crippen MR) is 82.4 cm³/mol. The largest absolute Gasteiger partial charge is 0.364 e. The Bertz CT molecular complexity index is 421. The van der Waals surface area contributed by atoms with Crippen LogP contribution in [0, 0.1) is 0 Å². The van der Waals surface area contributed by atoms with Crippen molar-refractivity contribution in [2.75, 3.05) is 26.2 Å². The maximum absolute atomic E-state index is 5.88. The number of nitrogens with zero attached hydrogens (tertiary/aromatic N) is 1. The summed E-state index contributed by atoms with van der Waals surface area (Å²) in [7, 11) is 0. The van der Waals surface area contributed by atoms with Gasteiger partial charge in [-0.15, -0.1) is 0 Å². The topological polar surface area (TPSA) is 31.0 Å². The van der Waals surface area contributed by atoms with E-state index in [1.807, 2.05) is 12.4 Å². The van der Waals surface area contributed by atoms with Gasteiger partial charge in [0.25, 0.3) is 0 Å². The van der Waals surface area contributed by atoms with Crippen LogP contribution in [0.1, 0.15) is 32.3 Å². The molecule has 2 atom stereocenters. The first kappa shape index (κ1) is 14.9. The van der Waals surface area contributed by atoms with E-state index in [1.165, 1.54) is 44.6 Å². The normalized spacial score (nSPS) is 37.3. The Kier molecular flexibility index (Phi) is 4.88. The second kappa shape index (κ2) is 6.86. The molecule has 21 heavy (non-hydrogen) atoms. The Hall–Kier alpha value is -0.970. The van der Waals surface area contributed by atoms with E-state index in [4.69, 9.17) is 4.74 Å². The fraction of sp³-hybridized carbons (Fsp3) is 0.706. The van der Waals surface area contributed by atoms with Gasteiger partial charge in [0.05, 0.1) is 19.1 Å². The minimum atomic E-state index is 0.422. The standard InChI is InChI=1S/C17H27N3O/c1-14-11-20(12-15(2)21-14)17-5-9-19(10-6-17)13-16-3-7-18-8-4-16/h3-4,7-8,14-15,17H,5-6,9-13H2,1-2H3/p+2/t14-,15-/m0/s1. The first-order valence-electron chi connectivity index (χ1n) is 8.43. The predicted octanol–water partition coefficient (Wildman–Crippen LogP) is -0.679. The molecule has 2 fully saturated rings. The number of hydrogen-bond donors (Lipinski definition) is 2. The molecular weight excluding hydrogens is 262 g/mol. The van der Waals surface area contributed by atoms with Crippen LogP contribution in [0.2, 0.25) is 0 Å². The maximum atomic E-state index is 5.88. The van der Waals surface area contributed by atoms with Crippen LogP contribution < -0.4 is 9.80 Å². The molecule has 2 aliphatic heterocycles. The monoisotopic (exact) mass is 291 g/mol. The maximum Gasteiger partial charge on any atom is 0.104 e. The third kappa shape index (κ3) is 4.02. The van der Waals surface area contributed by atoms with E-state index in [9.17, 15) is 0 Å². The molecule has 0 amide bonds. The molecule has 2 N–H and O–H groups in total. The third-order valence-electron chi connectivity index (χ3n) is 5.04. The summed E-state index contributed by atoms with van der Waals surface area (Å²) >= 11 is 0. The molecule has 1 aromatic heterocycles. The van der Waals surface area contributed by atoms with Gasteiger partial charge in [-0.2, -0.15) is 0 Å². The molecule has 0 unspecified atom stereocenters. The number of hydrogen-bond acceptors (Lipinski definition) is 2. The molecule has 1 aromatic rings. The molecule has 2 saturated heterocycles. The number of piperidine rings is 1. The van der Waals surface area contributed by atoms with E-state index in [-0.39, 0.29) is 0 Å². The second-order valence-electron chi connectivity index (χ2n) is 6.88. The lowest BCUT2D eigenvalue weighted by atomic mass is 10.0. The second-order valence-corrected chi connectivity index (χ2v) is 6.88. The molecule has 0 saturated carbocycles. The highest BCUT2D eigenvalue weighted by Crippen LogP contribution is 2.04. The van der Waals surface area contributed by atoms with Crippen LogP contribution >= 0.6 is 0 Å². The average Bonchev–Trinajstić information content (AvgIpc) is 2.48. The van der Waals surface area contributed by atoms with Gasteiger partial charge in [-0.25, -0.2) is 0 Å². The summed E-state index contributed by atoms with van der Waals surface area (Å²) in [4.78, 5) is 7.61. The zero-order chi connectivity index (χ0) is 14.7. The number of pyridine rings is 1. The fourth-order valence-corrected chi connectivity index (χ4v) is 4.05. The lowest BCUT2D eigenvalue weighted by Crippen LogP contribution is -3.22. The highest BCUT2D eigenvalue weighted by Gasteiger charge is 2.34.